The minimum absolute atomic E-state index is 0.0156. The zero-order chi connectivity index (χ0) is 45.0. The van der Waals surface area contributed by atoms with Gasteiger partial charge in [0, 0.05) is 21.4 Å². The van der Waals surface area contributed by atoms with E-state index < -0.39 is 34.7 Å². The van der Waals surface area contributed by atoms with E-state index in [0.29, 0.717) is 42.1 Å². The van der Waals surface area contributed by atoms with Gasteiger partial charge in [-0.3, -0.25) is 0 Å². The number of hydrogen-bond acceptors (Lipinski definition) is 9. The third-order valence-electron chi connectivity index (χ3n) is 11.1. The summed E-state index contributed by atoms with van der Waals surface area (Å²) in [7, 11) is 0. The summed E-state index contributed by atoms with van der Waals surface area (Å²) in [6, 6.07) is 23.6. The van der Waals surface area contributed by atoms with Crippen molar-refractivity contribution in [3.05, 3.63) is 160 Å². The fourth-order valence-corrected chi connectivity index (χ4v) is 11.4. The Kier molecular flexibility index (Phi) is 13.2. The van der Waals surface area contributed by atoms with Crippen LogP contribution < -0.4 is 0 Å². The molecule has 16 heteroatoms. The van der Waals surface area contributed by atoms with Crippen LogP contribution in [0.15, 0.2) is 116 Å². The Labute approximate surface area is 388 Å². The van der Waals surface area contributed by atoms with E-state index in [2.05, 4.69) is 4.90 Å². The largest absolute Gasteiger partial charge is 0.477 e. The highest BCUT2D eigenvalue weighted by Gasteiger charge is 2.55. The monoisotopic (exact) mass is 956 g/mol. The topological polar surface area (TPSA) is 94.8 Å². The Bertz CT molecular complexity index is 2590. The number of nitrogens with zero attached hydrogens (tertiary/aromatic N) is 4. The number of rotatable bonds is 9. The lowest BCUT2D eigenvalue weighted by Gasteiger charge is -2.37. The van der Waals surface area contributed by atoms with E-state index in [1.165, 1.54) is 30.0 Å². The third-order valence-corrected chi connectivity index (χ3v) is 14.4. The Morgan fingerprint density at radius 1 is 0.694 bits per heavy atom. The molecule has 0 aromatic heterocycles. The van der Waals surface area contributed by atoms with Gasteiger partial charge in [-0.25, -0.2) is 28.4 Å². The van der Waals surface area contributed by atoms with Crippen molar-refractivity contribution >= 4 is 92.2 Å². The van der Waals surface area contributed by atoms with Crippen LogP contribution in [0.25, 0.3) is 0 Å². The van der Waals surface area contributed by atoms with Crippen LogP contribution in [-0.4, -0.2) is 43.8 Å². The van der Waals surface area contributed by atoms with Crippen molar-refractivity contribution in [1.82, 2.24) is 9.80 Å². The van der Waals surface area contributed by atoms with Crippen molar-refractivity contribution in [2.75, 3.05) is 6.61 Å². The number of thioether (sulfide) groups is 2. The number of esters is 1. The normalized spacial score (nSPS) is 22.8. The standard InChI is InChI=1S/C24H23Cl2FN2O2S.C22H19Cl2FN2O2S/c1-5-31-22(30)20-19(13(2)3)29-21(14-6-11-17(26)18(27)12-14)24(4,28-23(29)32-20)15-7-9-16(25)10-8-15;1-11(2)17-18(20(28)29)30-21-26-22(3,13-5-7-14(23)8-6-13)19(27(17)21)12-4-9-15(24)16(25)10-12/h6-13,21H,5H2,1-4H3;4-11,19H,1-3H3,(H,28,29)/t21-,24+;19-,22+/m11/s1. The highest BCUT2D eigenvalue weighted by molar-refractivity contribution is 8.18. The molecule has 0 unspecified atom stereocenters. The molecule has 0 aliphatic carbocycles. The maximum absolute atomic E-state index is 14.5. The van der Waals surface area contributed by atoms with Gasteiger partial charge in [-0.2, -0.15) is 0 Å². The summed E-state index contributed by atoms with van der Waals surface area (Å²) in [4.78, 5) is 39.4. The molecule has 0 saturated heterocycles. The zero-order valence-corrected chi connectivity index (χ0v) is 39.3. The fraction of sp³-hybridized carbons (Fsp3) is 0.304. The predicted molar refractivity (Wildman–Crippen MR) is 248 cm³/mol. The lowest BCUT2D eigenvalue weighted by Crippen LogP contribution is -2.36. The molecular weight excluding hydrogens is 916 g/mol. The first-order chi connectivity index (χ1) is 29.3. The first kappa shape index (κ1) is 46.0. The number of aliphatic carboxylic acids is 1. The van der Waals surface area contributed by atoms with E-state index in [0.717, 1.165) is 28.6 Å². The number of carboxylic acid groups (broad SMARTS) is 1. The van der Waals surface area contributed by atoms with Gasteiger partial charge in [0.05, 0.1) is 28.7 Å². The lowest BCUT2D eigenvalue weighted by molar-refractivity contribution is -0.137. The second-order valence-corrected chi connectivity index (χ2v) is 19.6. The summed E-state index contributed by atoms with van der Waals surface area (Å²) in [6.45, 7) is 14.0. The Morgan fingerprint density at radius 3 is 1.44 bits per heavy atom. The van der Waals surface area contributed by atoms with Crippen molar-refractivity contribution in [3.8, 4) is 0 Å². The number of carbonyl (C=O) groups excluding carboxylic acids is 1. The maximum atomic E-state index is 14.5. The molecule has 0 radical (unpaired) electrons. The van der Waals surface area contributed by atoms with Crippen LogP contribution in [0.1, 0.15) is 82.8 Å². The molecule has 324 valence electrons. The van der Waals surface area contributed by atoms with Crippen molar-refractivity contribution in [2.45, 2.75) is 71.6 Å². The number of amidine groups is 2. The second-order valence-electron chi connectivity index (χ2n) is 16.0. The van der Waals surface area contributed by atoms with E-state index >= 15 is 0 Å². The molecule has 0 fully saturated rings. The highest BCUT2D eigenvalue weighted by atomic mass is 35.5. The summed E-state index contributed by atoms with van der Waals surface area (Å²) < 4.78 is 34.3. The van der Waals surface area contributed by atoms with Gasteiger partial charge in [0.15, 0.2) is 10.3 Å². The first-order valence-electron chi connectivity index (χ1n) is 19.7. The van der Waals surface area contributed by atoms with E-state index in [4.69, 9.17) is 61.1 Å². The predicted octanol–water partition coefficient (Wildman–Crippen LogP) is 13.4. The van der Waals surface area contributed by atoms with Crippen LogP contribution in [0.4, 0.5) is 8.78 Å². The van der Waals surface area contributed by atoms with Gasteiger partial charge < -0.3 is 19.6 Å². The van der Waals surface area contributed by atoms with Gasteiger partial charge in [0.1, 0.15) is 32.5 Å². The molecule has 4 aromatic carbocycles. The molecule has 4 atom stereocenters. The average Bonchev–Trinajstić information content (AvgIpc) is 3.93. The van der Waals surface area contributed by atoms with Crippen molar-refractivity contribution in [3.63, 3.8) is 0 Å². The smallest absolute Gasteiger partial charge is 0.346 e. The van der Waals surface area contributed by atoms with Crippen molar-refractivity contribution < 1.29 is 28.2 Å². The summed E-state index contributed by atoms with van der Waals surface area (Å²) in [5.74, 6) is -2.43. The molecule has 0 saturated carbocycles. The molecule has 8 rings (SSSR count). The van der Waals surface area contributed by atoms with Gasteiger partial charge in [0.2, 0.25) is 0 Å². The van der Waals surface area contributed by atoms with E-state index in [1.807, 2.05) is 88.9 Å². The Balaban J connectivity index is 0.000000187. The molecule has 0 bridgehead atoms. The second kappa shape index (κ2) is 17.9. The van der Waals surface area contributed by atoms with Crippen LogP contribution in [0.2, 0.25) is 20.1 Å². The summed E-state index contributed by atoms with van der Waals surface area (Å²) >= 11 is 26.6. The zero-order valence-electron chi connectivity index (χ0n) is 34.6. The quantitative estimate of drug-likeness (QED) is 0.166. The minimum atomic E-state index is -0.991. The molecule has 0 amide bonds. The highest BCUT2D eigenvalue weighted by Crippen LogP contribution is 2.58. The molecule has 8 nitrogen and oxygen atoms in total. The molecule has 4 aliphatic heterocycles. The SMILES string of the molecule is CC(C)C1=C(C(=O)O)SC2=N[C@@](C)(c3ccc(Cl)cc3)[C@@H](c3ccc(Cl)c(F)c3)N21.CCOC(=O)C1=C(C(C)C)N2C(=N[C@@](C)(c3ccc(Cl)cc3)[C@H]2c2ccc(Cl)c(F)c2)S1. The summed E-state index contributed by atoms with van der Waals surface area (Å²) in [5.41, 5.74) is 3.19. The van der Waals surface area contributed by atoms with Gasteiger partial charge in [0.25, 0.3) is 0 Å². The summed E-state index contributed by atoms with van der Waals surface area (Å²) in [5, 5.41) is 12.4. The molecular formula is C46H42Cl4F2N4O4S2. The van der Waals surface area contributed by atoms with Gasteiger partial charge >= 0.3 is 11.9 Å². The number of aliphatic imine (C=N–C) groups is 2. The van der Waals surface area contributed by atoms with Crippen LogP contribution >= 0.6 is 69.9 Å². The van der Waals surface area contributed by atoms with E-state index in [1.54, 1.807) is 31.2 Å². The molecule has 4 aromatic rings. The van der Waals surface area contributed by atoms with Gasteiger partial charge in [-0.15, -0.1) is 0 Å². The van der Waals surface area contributed by atoms with Crippen LogP contribution in [0.5, 0.6) is 0 Å². The molecule has 0 spiro atoms. The first-order valence-corrected chi connectivity index (χ1v) is 22.9. The Hall–Kier alpha value is -4.04. The fourth-order valence-electron chi connectivity index (χ4n) is 8.39. The number of ether oxygens (including phenoxy) is 1. The van der Waals surface area contributed by atoms with Crippen LogP contribution in [0, 0.1) is 23.5 Å². The number of fused-ring (bicyclic) bond motifs is 2. The van der Waals surface area contributed by atoms with E-state index in [-0.39, 0.29) is 45.4 Å². The van der Waals surface area contributed by atoms with Gasteiger partial charge in [-0.1, -0.05) is 110 Å². The number of halogens is 6. The van der Waals surface area contributed by atoms with Crippen molar-refractivity contribution in [1.29, 1.82) is 0 Å². The maximum Gasteiger partial charge on any atom is 0.346 e. The van der Waals surface area contributed by atoms with Crippen molar-refractivity contribution in [2.24, 2.45) is 21.8 Å². The molecule has 62 heavy (non-hydrogen) atoms. The van der Waals surface area contributed by atoms with Gasteiger partial charge in [-0.05, 0) is 127 Å². The number of carboxylic acids is 1. The minimum Gasteiger partial charge on any atom is -0.477 e. The number of allylic oxidation sites excluding steroid dienone is 2. The summed E-state index contributed by atoms with van der Waals surface area (Å²) in [6.07, 6.45) is 0. The molecule has 4 heterocycles. The number of hydrogen-bond donors (Lipinski definition) is 1. The lowest BCUT2D eigenvalue weighted by atomic mass is 9.81. The van der Waals surface area contributed by atoms with Crippen LogP contribution in [-0.2, 0) is 25.4 Å². The average molecular weight is 959 g/mol. The molecule has 1 N–H and O–H groups in total. The molecule has 4 aliphatic rings. The Morgan fingerprint density at radius 2 is 1.08 bits per heavy atom. The van der Waals surface area contributed by atoms with Crippen LogP contribution in [0.3, 0.4) is 0 Å². The van der Waals surface area contributed by atoms with E-state index in [9.17, 15) is 23.5 Å². The third kappa shape index (κ3) is 8.27. The number of benzene rings is 4. The number of carbonyl (C=O) groups is 2.